The Morgan fingerprint density at radius 1 is 0.900 bits per heavy atom. The van der Waals surface area contributed by atoms with Crippen LogP contribution in [0, 0.1) is 5.92 Å². The van der Waals surface area contributed by atoms with Gasteiger partial charge in [-0.2, -0.15) is 9.78 Å². The summed E-state index contributed by atoms with van der Waals surface area (Å²) >= 11 is 6.03. The molecule has 1 fully saturated rings. The van der Waals surface area contributed by atoms with Crippen LogP contribution in [0.4, 0.5) is 5.69 Å². The van der Waals surface area contributed by atoms with Gasteiger partial charge in [-0.1, -0.05) is 54.1 Å². The van der Waals surface area contributed by atoms with Crippen LogP contribution in [0.1, 0.15) is 6.92 Å². The van der Waals surface area contributed by atoms with Crippen molar-refractivity contribution in [2.24, 2.45) is 5.92 Å². The highest BCUT2D eigenvalue weighted by atomic mass is 35.5. The van der Waals surface area contributed by atoms with E-state index in [-0.39, 0.29) is 5.75 Å². The van der Waals surface area contributed by atoms with Crippen molar-refractivity contribution >= 4 is 29.2 Å². The zero-order valence-corrected chi connectivity index (χ0v) is 22.5. The van der Waals surface area contributed by atoms with E-state index in [0.717, 1.165) is 11.1 Å². The fraction of sp³-hybridized carbons (Fsp3) is 0.200. The molecule has 0 aliphatic carbocycles. The number of halogens is 1. The van der Waals surface area contributed by atoms with Gasteiger partial charge >= 0.3 is 11.5 Å². The van der Waals surface area contributed by atoms with Gasteiger partial charge in [-0.3, -0.25) is 14.4 Å². The van der Waals surface area contributed by atoms with E-state index in [1.807, 2.05) is 59.5 Å². The molecule has 1 aliphatic rings. The molecule has 0 saturated carbocycles. The summed E-state index contributed by atoms with van der Waals surface area (Å²) in [7, 11) is 0. The summed E-state index contributed by atoms with van der Waals surface area (Å²) in [5, 5.41) is 14.1. The lowest BCUT2D eigenvalue weighted by atomic mass is 10.1. The van der Waals surface area contributed by atoms with E-state index in [0.29, 0.717) is 48.3 Å². The van der Waals surface area contributed by atoms with E-state index >= 15 is 0 Å². The van der Waals surface area contributed by atoms with Gasteiger partial charge in [0.2, 0.25) is 11.7 Å². The Hall–Kier alpha value is -4.63. The van der Waals surface area contributed by atoms with E-state index in [1.165, 1.54) is 16.5 Å². The van der Waals surface area contributed by atoms with Gasteiger partial charge in [0.15, 0.2) is 0 Å². The van der Waals surface area contributed by atoms with Crippen LogP contribution in [0.5, 0.6) is 11.5 Å². The topological polar surface area (TPSA) is 105 Å². The quantitative estimate of drug-likeness (QED) is 0.327. The summed E-state index contributed by atoms with van der Waals surface area (Å²) < 4.78 is 7.47. The molecule has 9 nitrogen and oxygen atoms in total. The smallest absolute Gasteiger partial charge is 0.316 e. The predicted octanol–water partition coefficient (Wildman–Crippen LogP) is 4.71. The molecule has 2 heterocycles. The Bertz CT molecular complexity index is 1560. The van der Waals surface area contributed by atoms with Crippen molar-refractivity contribution in [1.29, 1.82) is 0 Å². The number of hydrogen-bond donors (Lipinski definition) is 1. The Balaban J connectivity index is 1.45. The average molecular weight is 559 g/mol. The maximum absolute atomic E-state index is 13.7. The number of rotatable bonds is 7. The summed E-state index contributed by atoms with van der Waals surface area (Å²) in [6, 6.07) is 24.2. The van der Waals surface area contributed by atoms with Gasteiger partial charge in [-0.25, -0.2) is 0 Å². The molecule has 40 heavy (non-hydrogen) atoms. The molecule has 0 spiro atoms. The Morgan fingerprint density at radius 2 is 1.52 bits per heavy atom. The largest absolute Gasteiger partial charge is 0.481 e. The van der Waals surface area contributed by atoms with Crippen molar-refractivity contribution in [2.75, 3.05) is 31.1 Å². The van der Waals surface area contributed by atoms with Crippen molar-refractivity contribution in [3.63, 3.8) is 0 Å². The minimum absolute atomic E-state index is 0.0936. The summed E-state index contributed by atoms with van der Waals surface area (Å²) in [4.78, 5) is 41.0. The molecule has 0 bridgehead atoms. The van der Waals surface area contributed by atoms with E-state index in [1.54, 1.807) is 30.5 Å². The molecule has 1 atom stereocenters. The normalized spacial score (nSPS) is 14.1. The number of amides is 1. The third-order valence-corrected chi connectivity index (χ3v) is 7.09. The maximum Gasteiger partial charge on any atom is 0.316 e. The number of aromatic nitrogens is 2. The van der Waals surface area contributed by atoms with Gasteiger partial charge < -0.3 is 19.6 Å². The van der Waals surface area contributed by atoms with Gasteiger partial charge in [0.1, 0.15) is 17.4 Å². The second-order valence-electron chi connectivity index (χ2n) is 9.42. The van der Waals surface area contributed by atoms with Gasteiger partial charge in [-0.05, 0) is 54.4 Å². The first-order valence-electron chi connectivity index (χ1n) is 12.8. The zero-order chi connectivity index (χ0) is 28.2. The van der Waals surface area contributed by atoms with Crippen molar-refractivity contribution in [2.45, 2.75) is 6.92 Å². The second kappa shape index (κ2) is 11.6. The van der Waals surface area contributed by atoms with Crippen LogP contribution < -0.4 is 15.2 Å². The molecule has 4 aromatic rings. The number of anilines is 1. The highest BCUT2D eigenvalue weighted by Crippen LogP contribution is 2.31. The average Bonchev–Trinajstić information content (AvgIpc) is 2.99. The molecule has 1 aromatic heterocycles. The van der Waals surface area contributed by atoms with Crippen LogP contribution >= 0.6 is 11.6 Å². The number of carboxylic acid groups (broad SMARTS) is 1. The molecular formula is C30H27ClN4O5. The molecular weight excluding hydrogens is 532 g/mol. The Labute approximate surface area is 235 Å². The number of carbonyl (C=O) groups excluding carboxylic acids is 1. The fourth-order valence-corrected chi connectivity index (χ4v) is 4.65. The lowest BCUT2D eigenvalue weighted by Crippen LogP contribution is -2.51. The predicted molar refractivity (Wildman–Crippen MR) is 152 cm³/mol. The van der Waals surface area contributed by atoms with Crippen LogP contribution in [-0.4, -0.2) is 57.8 Å². The van der Waals surface area contributed by atoms with Crippen LogP contribution in [0.3, 0.4) is 0 Å². The molecule has 10 heteroatoms. The maximum atomic E-state index is 13.7. The van der Waals surface area contributed by atoms with Gasteiger partial charge in [0.05, 0.1) is 11.9 Å². The molecule has 5 rings (SSSR count). The van der Waals surface area contributed by atoms with Crippen LogP contribution in [0.25, 0.3) is 16.8 Å². The van der Waals surface area contributed by atoms with Gasteiger partial charge in [-0.15, -0.1) is 0 Å². The lowest BCUT2D eigenvalue weighted by molar-refractivity contribution is -0.150. The van der Waals surface area contributed by atoms with E-state index < -0.39 is 23.4 Å². The minimum atomic E-state index is -1.16. The van der Waals surface area contributed by atoms with Crippen molar-refractivity contribution in [3.05, 3.63) is 100 Å². The minimum Gasteiger partial charge on any atom is -0.481 e. The summed E-state index contributed by atoms with van der Waals surface area (Å²) in [6.07, 6.45) is 1.57. The molecule has 1 N–H and O–H groups in total. The third-order valence-electron chi connectivity index (χ3n) is 6.84. The van der Waals surface area contributed by atoms with E-state index in [9.17, 15) is 19.5 Å². The van der Waals surface area contributed by atoms with Gasteiger partial charge in [0, 0.05) is 31.2 Å². The number of hydrogen-bond acceptors (Lipinski definition) is 6. The zero-order valence-electron chi connectivity index (χ0n) is 21.7. The summed E-state index contributed by atoms with van der Waals surface area (Å²) in [6.45, 7) is 2.76. The Morgan fingerprint density at radius 3 is 2.15 bits per heavy atom. The highest BCUT2D eigenvalue weighted by Gasteiger charge is 2.30. The number of carboxylic acids is 1. The standard InChI is InChI=1S/C30H27ClN4O5/c1-20(30(38)39)28(36)34-17-15-33(16-18-34)26-19-32-35(24-11-9-23(31)10-12-24)29(37)27(26)40-25-13-7-22(8-14-25)21-5-3-2-4-6-21/h2-14,19-20H,15-18H2,1H3,(H,38,39). The first-order valence-corrected chi connectivity index (χ1v) is 13.2. The van der Waals surface area contributed by atoms with Crippen molar-refractivity contribution in [1.82, 2.24) is 14.7 Å². The number of piperazine rings is 1. The van der Waals surface area contributed by atoms with Gasteiger partial charge in [0.25, 0.3) is 0 Å². The fourth-order valence-electron chi connectivity index (χ4n) is 4.53. The summed E-state index contributed by atoms with van der Waals surface area (Å²) in [5.74, 6) is -2.13. The first-order chi connectivity index (χ1) is 19.3. The number of carbonyl (C=O) groups is 2. The van der Waals surface area contributed by atoms with E-state index in [2.05, 4.69) is 5.10 Å². The Kier molecular flexibility index (Phi) is 7.84. The number of aliphatic carboxylic acids is 1. The number of nitrogens with zero attached hydrogens (tertiary/aromatic N) is 4. The van der Waals surface area contributed by atoms with Crippen LogP contribution in [-0.2, 0) is 9.59 Å². The third kappa shape index (κ3) is 5.69. The molecule has 1 aliphatic heterocycles. The lowest BCUT2D eigenvalue weighted by Gasteiger charge is -2.37. The number of ether oxygens (including phenoxy) is 1. The highest BCUT2D eigenvalue weighted by molar-refractivity contribution is 6.30. The monoisotopic (exact) mass is 558 g/mol. The van der Waals surface area contributed by atoms with Crippen molar-refractivity contribution < 1.29 is 19.4 Å². The molecule has 204 valence electrons. The first kappa shape index (κ1) is 27.0. The molecule has 0 radical (unpaired) electrons. The van der Waals surface area contributed by atoms with Crippen LogP contribution in [0.15, 0.2) is 89.9 Å². The molecule has 1 unspecified atom stereocenters. The summed E-state index contributed by atoms with van der Waals surface area (Å²) in [5.41, 5.74) is 2.64. The number of benzene rings is 3. The van der Waals surface area contributed by atoms with E-state index in [4.69, 9.17) is 16.3 Å². The molecule has 3 aromatic carbocycles. The SMILES string of the molecule is CC(C(=O)O)C(=O)N1CCN(c2cnn(-c3ccc(Cl)cc3)c(=O)c2Oc2ccc(-c3ccccc3)cc2)CC1. The second-order valence-corrected chi connectivity index (χ2v) is 9.85. The van der Waals surface area contributed by atoms with Crippen molar-refractivity contribution in [3.8, 4) is 28.3 Å². The molecule has 1 amide bonds. The molecule has 1 saturated heterocycles. The van der Waals surface area contributed by atoms with Crippen LogP contribution in [0.2, 0.25) is 5.02 Å².